The van der Waals surface area contributed by atoms with Crippen molar-refractivity contribution in [2.75, 3.05) is 6.54 Å². The molecular formula is C22H28N2S. The molecule has 1 saturated carbocycles. The summed E-state index contributed by atoms with van der Waals surface area (Å²) in [5.41, 5.74) is 2.80. The van der Waals surface area contributed by atoms with Crippen molar-refractivity contribution in [2.24, 2.45) is 0 Å². The zero-order valence-electron chi connectivity index (χ0n) is 14.9. The van der Waals surface area contributed by atoms with Crippen LogP contribution in [0.3, 0.4) is 0 Å². The number of rotatable bonds is 5. The first-order chi connectivity index (χ1) is 12.4. The van der Waals surface area contributed by atoms with E-state index in [2.05, 4.69) is 53.6 Å². The maximum atomic E-state index is 4.80. The Hall–Kier alpha value is -1.32. The molecule has 0 N–H and O–H groups in total. The van der Waals surface area contributed by atoms with Gasteiger partial charge in [-0.05, 0) is 49.4 Å². The lowest BCUT2D eigenvalue weighted by molar-refractivity contribution is 0.248. The smallest absolute Gasteiger partial charge is 0.0962 e. The van der Waals surface area contributed by atoms with Gasteiger partial charge in [0.2, 0.25) is 0 Å². The predicted molar refractivity (Wildman–Crippen MR) is 106 cm³/mol. The molecule has 0 unspecified atom stereocenters. The molecule has 1 aromatic heterocycles. The van der Waals surface area contributed by atoms with Gasteiger partial charge in [-0.1, -0.05) is 55.7 Å². The lowest BCUT2D eigenvalue weighted by Crippen LogP contribution is -2.22. The van der Waals surface area contributed by atoms with Gasteiger partial charge < -0.3 is 0 Å². The first-order valence-electron chi connectivity index (χ1n) is 9.79. The molecule has 0 amide bonds. The van der Waals surface area contributed by atoms with Crippen LogP contribution in [0.2, 0.25) is 0 Å². The second-order valence-corrected chi connectivity index (χ2v) is 8.74. The predicted octanol–water partition coefficient (Wildman–Crippen LogP) is 5.84. The molecule has 2 aliphatic rings. The van der Waals surface area contributed by atoms with E-state index in [0.717, 1.165) is 11.8 Å². The molecule has 1 aliphatic heterocycles. The summed E-state index contributed by atoms with van der Waals surface area (Å²) in [4.78, 5) is 7.41. The van der Waals surface area contributed by atoms with E-state index < -0.39 is 0 Å². The maximum absolute atomic E-state index is 4.80. The Bertz CT molecular complexity index is 649. The van der Waals surface area contributed by atoms with Gasteiger partial charge in [-0.2, -0.15) is 0 Å². The minimum absolute atomic E-state index is 0.529. The molecule has 25 heavy (non-hydrogen) atoms. The van der Waals surface area contributed by atoms with Crippen molar-refractivity contribution in [3.05, 3.63) is 59.8 Å². The highest BCUT2D eigenvalue weighted by atomic mass is 32.2. The van der Waals surface area contributed by atoms with E-state index >= 15 is 0 Å². The molecular weight excluding hydrogens is 324 g/mol. The quantitative estimate of drug-likeness (QED) is 0.672. The number of likely N-dealkylation sites (tertiary alicyclic amines) is 1. The third-order valence-electron chi connectivity index (χ3n) is 5.58. The Morgan fingerprint density at radius 3 is 2.52 bits per heavy atom. The lowest BCUT2D eigenvalue weighted by Gasteiger charge is -2.25. The van der Waals surface area contributed by atoms with Crippen molar-refractivity contribution < 1.29 is 0 Å². The molecule has 2 aromatic rings. The van der Waals surface area contributed by atoms with Gasteiger partial charge in [-0.15, -0.1) is 11.8 Å². The number of hydrogen-bond acceptors (Lipinski definition) is 3. The average Bonchev–Trinajstić information content (AvgIpc) is 3.12. The van der Waals surface area contributed by atoms with Crippen LogP contribution in [0.5, 0.6) is 0 Å². The summed E-state index contributed by atoms with van der Waals surface area (Å²) in [6, 6.07) is 16.0. The molecule has 4 rings (SSSR count). The Kier molecular flexibility index (Phi) is 5.73. The number of aromatic nitrogens is 1. The van der Waals surface area contributed by atoms with E-state index in [9.17, 15) is 0 Å². The molecule has 2 fully saturated rings. The largest absolute Gasteiger partial charge is 0.292 e. The highest BCUT2D eigenvalue weighted by Gasteiger charge is 2.26. The summed E-state index contributed by atoms with van der Waals surface area (Å²) in [6.07, 6.45) is 11.6. The monoisotopic (exact) mass is 352 g/mol. The minimum atomic E-state index is 0.529. The summed E-state index contributed by atoms with van der Waals surface area (Å²) < 4.78 is 0. The van der Waals surface area contributed by atoms with Crippen molar-refractivity contribution in [3.8, 4) is 0 Å². The fraction of sp³-hybridized carbons (Fsp3) is 0.500. The zero-order chi connectivity index (χ0) is 16.9. The van der Waals surface area contributed by atoms with Gasteiger partial charge in [0.15, 0.2) is 0 Å². The van der Waals surface area contributed by atoms with Crippen LogP contribution in [0.15, 0.2) is 53.7 Å². The fourth-order valence-corrected chi connectivity index (χ4v) is 5.39. The Morgan fingerprint density at radius 1 is 0.920 bits per heavy atom. The Morgan fingerprint density at radius 2 is 1.76 bits per heavy atom. The summed E-state index contributed by atoms with van der Waals surface area (Å²) >= 11 is 1.99. The summed E-state index contributed by atoms with van der Waals surface area (Å²) in [5.74, 6) is 0. The topological polar surface area (TPSA) is 16.1 Å². The van der Waals surface area contributed by atoms with Crippen LogP contribution in [0, 0.1) is 0 Å². The highest BCUT2D eigenvalue weighted by Crippen LogP contribution is 2.35. The molecule has 1 atom stereocenters. The van der Waals surface area contributed by atoms with E-state index in [1.807, 2.05) is 11.8 Å². The Balaban J connectivity index is 1.40. The van der Waals surface area contributed by atoms with E-state index in [0.29, 0.717) is 6.04 Å². The molecule has 0 bridgehead atoms. The van der Waals surface area contributed by atoms with Gasteiger partial charge >= 0.3 is 0 Å². The minimum Gasteiger partial charge on any atom is -0.292 e. The number of benzene rings is 1. The van der Waals surface area contributed by atoms with Crippen LogP contribution in [-0.4, -0.2) is 21.7 Å². The Labute approximate surface area is 156 Å². The van der Waals surface area contributed by atoms with Crippen molar-refractivity contribution in [1.29, 1.82) is 0 Å². The van der Waals surface area contributed by atoms with E-state index in [1.54, 1.807) is 0 Å². The highest BCUT2D eigenvalue weighted by molar-refractivity contribution is 7.99. The first kappa shape index (κ1) is 17.1. The van der Waals surface area contributed by atoms with Crippen molar-refractivity contribution in [2.45, 2.75) is 67.8 Å². The van der Waals surface area contributed by atoms with E-state index in [4.69, 9.17) is 4.98 Å². The molecule has 0 radical (unpaired) electrons. The number of thioether (sulfide) groups is 1. The SMILES string of the molecule is c1ccc(CN2CCC[C@@H]2c2ccc(SC3CCCCC3)nc2)cc1. The van der Waals surface area contributed by atoms with Crippen LogP contribution < -0.4 is 0 Å². The van der Waals surface area contributed by atoms with Crippen molar-refractivity contribution in [1.82, 2.24) is 9.88 Å². The molecule has 0 spiro atoms. The molecule has 1 saturated heterocycles. The van der Waals surface area contributed by atoms with Gasteiger partial charge in [0.05, 0.1) is 5.03 Å². The number of hydrogen-bond donors (Lipinski definition) is 0. The average molecular weight is 353 g/mol. The first-order valence-corrected chi connectivity index (χ1v) is 10.7. The molecule has 2 heterocycles. The van der Waals surface area contributed by atoms with Crippen LogP contribution in [0.4, 0.5) is 0 Å². The molecule has 3 heteroatoms. The fourth-order valence-electron chi connectivity index (χ4n) is 4.22. The standard InChI is InChI=1S/C22H28N2S/c1-3-8-18(9-4-1)17-24-15-7-12-21(24)19-13-14-22(23-16-19)25-20-10-5-2-6-11-20/h1,3-4,8-9,13-14,16,20-21H,2,5-7,10-12,15,17H2/t21-/m1/s1. The van der Waals surface area contributed by atoms with Crippen LogP contribution in [0.1, 0.15) is 62.1 Å². The van der Waals surface area contributed by atoms with Gasteiger partial charge in [-0.3, -0.25) is 4.90 Å². The van der Waals surface area contributed by atoms with Crippen LogP contribution in [0.25, 0.3) is 0 Å². The summed E-state index contributed by atoms with van der Waals surface area (Å²) in [6.45, 7) is 2.24. The summed E-state index contributed by atoms with van der Waals surface area (Å²) in [5, 5.41) is 2.00. The third kappa shape index (κ3) is 4.45. The van der Waals surface area contributed by atoms with Crippen LogP contribution >= 0.6 is 11.8 Å². The zero-order valence-corrected chi connectivity index (χ0v) is 15.8. The molecule has 1 aromatic carbocycles. The molecule has 1 aliphatic carbocycles. The maximum Gasteiger partial charge on any atom is 0.0962 e. The van der Waals surface area contributed by atoms with Gasteiger partial charge in [0.1, 0.15) is 0 Å². The molecule has 132 valence electrons. The summed E-state index contributed by atoms with van der Waals surface area (Å²) in [7, 11) is 0. The number of nitrogens with zero attached hydrogens (tertiary/aromatic N) is 2. The lowest BCUT2D eigenvalue weighted by atomic mass is 10.0. The van der Waals surface area contributed by atoms with Crippen LogP contribution in [-0.2, 0) is 6.54 Å². The van der Waals surface area contributed by atoms with Crippen molar-refractivity contribution in [3.63, 3.8) is 0 Å². The van der Waals surface area contributed by atoms with Gasteiger partial charge in [-0.25, -0.2) is 4.98 Å². The second-order valence-electron chi connectivity index (χ2n) is 7.42. The van der Waals surface area contributed by atoms with Crippen molar-refractivity contribution >= 4 is 11.8 Å². The van der Waals surface area contributed by atoms with Gasteiger partial charge in [0.25, 0.3) is 0 Å². The third-order valence-corrected chi connectivity index (χ3v) is 6.86. The molecule has 2 nitrogen and oxygen atoms in total. The van der Waals surface area contributed by atoms with E-state index in [1.165, 1.54) is 67.6 Å². The van der Waals surface area contributed by atoms with E-state index in [-0.39, 0.29) is 0 Å². The van der Waals surface area contributed by atoms with Gasteiger partial charge in [0, 0.05) is 24.0 Å². The normalized spacial score (nSPS) is 22.3. The second kappa shape index (κ2) is 8.37. The number of pyridine rings is 1.